The minimum absolute atomic E-state index is 0.0239. The molecular formula is C22H25N7O2. The molecule has 0 fully saturated rings. The van der Waals surface area contributed by atoms with Crippen LogP contribution in [-0.4, -0.2) is 56.2 Å². The minimum Gasteiger partial charge on any atom is -0.383 e. The average molecular weight is 419 g/mol. The van der Waals surface area contributed by atoms with Gasteiger partial charge in [0.2, 0.25) is 5.91 Å². The molecule has 4 aromatic heterocycles. The first-order valence-corrected chi connectivity index (χ1v) is 10.4. The Balaban J connectivity index is 1.72. The molecule has 1 N–H and O–H groups in total. The van der Waals surface area contributed by atoms with Crippen LogP contribution in [0.2, 0.25) is 0 Å². The second-order valence-electron chi connectivity index (χ2n) is 7.89. The number of rotatable bonds is 3. The number of aromatic nitrogens is 6. The van der Waals surface area contributed by atoms with Gasteiger partial charge < -0.3 is 9.72 Å². The molecule has 4 aromatic rings. The van der Waals surface area contributed by atoms with E-state index in [2.05, 4.69) is 27.3 Å². The minimum atomic E-state index is 0.0239. The number of aryl methyl sites for hydroxylation is 2. The highest BCUT2D eigenvalue weighted by atomic mass is 16.5. The molecule has 160 valence electrons. The molecule has 1 aliphatic heterocycles. The van der Waals surface area contributed by atoms with Gasteiger partial charge in [-0.15, -0.1) is 0 Å². The smallest absolute Gasteiger partial charge is 0.228 e. The van der Waals surface area contributed by atoms with Crippen LogP contribution in [0.25, 0.3) is 33.3 Å². The number of aromatic amines is 1. The number of H-pyrrole nitrogens is 1. The fraction of sp³-hybridized carbons (Fsp3) is 0.364. The van der Waals surface area contributed by atoms with Crippen LogP contribution >= 0.6 is 0 Å². The zero-order valence-corrected chi connectivity index (χ0v) is 17.9. The molecule has 0 atom stereocenters. The highest BCUT2D eigenvalue weighted by molar-refractivity contribution is 5.99. The maximum atomic E-state index is 12.9. The number of nitrogens with one attached hydrogen (secondary N) is 1. The van der Waals surface area contributed by atoms with Gasteiger partial charge in [0, 0.05) is 79.6 Å². The zero-order valence-electron chi connectivity index (χ0n) is 17.9. The van der Waals surface area contributed by atoms with Gasteiger partial charge in [-0.25, -0.2) is 4.98 Å². The van der Waals surface area contributed by atoms with E-state index in [1.807, 2.05) is 34.9 Å². The molecule has 31 heavy (non-hydrogen) atoms. The Bertz CT molecular complexity index is 1270. The Hall–Kier alpha value is -3.46. The lowest BCUT2D eigenvalue weighted by molar-refractivity contribution is -0.118. The van der Waals surface area contributed by atoms with Crippen LogP contribution in [0.5, 0.6) is 0 Å². The molecule has 0 aromatic carbocycles. The molecule has 0 spiro atoms. The van der Waals surface area contributed by atoms with E-state index in [1.165, 1.54) is 0 Å². The maximum absolute atomic E-state index is 12.9. The molecule has 0 saturated heterocycles. The zero-order chi connectivity index (χ0) is 21.5. The third-order valence-electron chi connectivity index (χ3n) is 5.81. The Labute approximate surface area is 179 Å². The summed E-state index contributed by atoms with van der Waals surface area (Å²) in [7, 11) is 3.45. The number of fused-ring (bicyclic) bond motifs is 6. The Morgan fingerprint density at radius 2 is 2.06 bits per heavy atom. The summed E-state index contributed by atoms with van der Waals surface area (Å²) in [6.07, 6.45) is 8.95. The molecule has 5 rings (SSSR count). The predicted octanol–water partition coefficient (Wildman–Crippen LogP) is 3.00. The number of hydrogen-bond donors (Lipinski definition) is 1. The van der Waals surface area contributed by atoms with Crippen molar-refractivity contribution in [3.05, 3.63) is 36.5 Å². The fourth-order valence-corrected chi connectivity index (χ4v) is 4.11. The maximum Gasteiger partial charge on any atom is 0.228 e. The average Bonchev–Trinajstić information content (AvgIpc) is 3.47. The van der Waals surface area contributed by atoms with E-state index in [0.717, 1.165) is 39.0 Å². The van der Waals surface area contributed by atoms with Gasteiger partial charge in [0.25, 0.3) is 0 Å². The molecule has 0 radical (unpaired) electrons. The van der Waals surface area contributed by atoms with Crippen LogP contribution in [-0.2, 0) is 22.6 Å². The van der Waals surface area contributed by atoms with Crippen molar-refractivity contribution in [1.82, 2.24) is 29.5 Å². The van der Waals surface area contributed by atoms with Gasteiger partial charge in [-0.3, -0.25) is 19.1 Å². The molecule has 1 amide bonds. The van der Waals surface area contributed by atoms with Gasteiger partial charge in [0.05, 0.1) is 18.8 Å². The number of methoxy groups -OCH3 is 1. The van der Waals surface area contributed by atoms with Crippen LogP contribution in [0.15, 0.2) is 30.9 Å². The molecule has 0 unspecified atom stereocenters. The molecule has 9 nitrogen and oxygen atoms in total. The van der Waals surface area contributed by atoms with Crippen LogP contribution in [0.4, 0.5) is 5.82 Å². The van der Waals surface area contributed by atoms with Crippen molar-refractivity contribution >= 4 is 22.8 Å². The topological polar surface area (TPSA) is 93.9 Å². The normalized spacial score (nSPS) is 14.3. The van der Waals surface area contributed by atoms with Crippen molar-refractivity contribution in [3.63, 3.8) is 0 Å². The summed E-state index contributed by atoms with van der Waals surface area (Å²) in [6.45, 7) is 3.84. The summed E-state index contributed by atoms with van der Waals surface area (Å²) in [6, 6.07) is 2.11. The van der Waals surface area contributed by atoms with Gasteiger partial charge in [-0.05, 0) is 19.4 Å². The molecular weight excluding hydrogens is 394 g/mol. The third-order valence-corrected chi connectivity index (χ3v) is 5.81. The van der Waals surface area contributed by atoms with Crippen LogP contribution in [0.3, 0.4) is 0 Å². The molecule has 1 aliphatic rings. The van der Waals surface area contributed by atoms with E-state index < -0.39 is 0 Å². The summed E-state index contributed by atoms with van der Waals surface area (Å²) >= 11 is 0. The lowest BCUT2D eigenvalue weighted by Gasteiger charge is -2.16. The van der Waals surface area contributed by atoms with E-state index in [4.69, 9.17) is 9.84 Å². The van der Waals surface area contributed by atoms with Gasteiger partial charge in [0.1, 0.15) is 5.65 Å². The first-order chi connectivity index (χ1) is 15.0. The van der Waals surface area contributed by atoms with Crippen molar-refractivity contribution in [2.75, 3.05) is 25.7 Å². The van der Waals surface area contributed by atoms with E-state index in [9.17, 15) is 4.79 Å². The molecule has 5 heterocycles. The largest absolute Gasteiger partial charge is 0.383 e. The number of amides is 1. The van der Waals surface area contributed by atoms with Crippen molar-refractivity contribution in [2.24, 2.45) is 0 Å². The van der Waals surface area contributed by atoms with Gasteiger partial charge in [-0.2, -0.15) is 10.2 Å². The number of ether oxygens (including phenoxy) is 1. The number of hydrogen-bond acceptors (Lipinski definition) is 5. The van der Waals surface area contributed by atoms with Crippen molar-refractivity contribution in [3.8, 4) is 22.3 Å². The van der Waals surface area contributed by atoms with Crippen molar-refractivity contribution in [2.45, 2.75) is 32.9 Å². The molecule has 0 aliphatic carbocycles. The summed E-state index contributed by atoms with van der Waals surface area (Å²) in [5.74, 6) is 0.655. The van der Waals surface area contributed by atoms with Crippen molar-refractivity contribution in [1.29, 1.82) is 0 Å². The Morgan fingerprint density at radius 3 is 2.90 bits per heavy atom. The van der Waals surface area contributed by atoms with Crippen molar-refractivity contribution < 1.29 is 9.53 Å². The predicted molar refractivity (Wildman–Crippen MR) is 118 cm³/mol. The fourth-order valence-electron chi connectivity index (χ4n) is 4.11. The van der Waals surface area contributed by atoms with E-state index in [-0.39, 0.29) is 5.91 Å². The van der Waals surface area contributed by atoms with Crippen LogP contribution in [0.1, 0.15) is 18.5 Å². The van der Waals surface area contributed by atoms with E-state index in [1.54, 1.807) is 19.1 Å². The molecule has 0 saturated carbocycles. The highest BCUT2D eigenvalue weighted by Gasteiger charge is 2.22. The quantitative estimate of drug-likeness (QED) is 0.551. The highest BCUT2D eigenvalue weighted by Crippen LogP contribution is 2.35. The number of anilines is 1. The lowest BCUT2D eigenvalue weighted by atomic mass is 10.0. The third kappa shape index (κ3) is 3.40. The summed E-state index contributed by atoms with van der Waals surface area (Å²) in [4.78, 5) is 22.5. The van der Waals surface area contributed by atoms with E-state index >= 15 is 0 Å². The standard InChI is InChI=1S/C22H25N7O2/c1-14-18-12-28(25-14)6-4-5-20(30)27(2)22-19(13-29(26-22)7-8-31-3)15-9-16-17(18)11-24-21(16)23-10-15/h9-13H,4-8H2,1-3H3,(H,23,24). The van der Waals surface area contributed by atoms with Crippen LogP contribution in [0, 0.1) is 6.92 Å². The van der Waals surface area contributed by atoms with E-state index in [0.29, 0.717) is 38.4 Å². The Morgan fingerprint density at radius 1 is 1.19 bits per heavy atom. The number of carbonyl (C=O) groups is 1. The summed E-state index contributed by atoms with van der Waals surface area (Å²) in [5.41, 5.74) is 5.70. The molecule has 9 heteroatoms. The van der Waals surface area contributed by atoms with Gasteiger partial charge >= 0.3 is 0 Å². The first-order valence-electron chi connectivity index (χ1n) is 10.4. The second kappa shape index (κ2) is 7.66. The number of pyridine rings is 1. The molecule has 4 bridgehead atoms. The summed E-state index contributed by atoms with van der Waals surface area (Å²) < 4.78 is 8.95. The first kappa shape index (κ1) is 19.5. The SMILES string of the molecule is COCCn1cc2c(n1)N(C)C(=O)CCCn1cc(c(C)n1)-c1c[nH]c3ncc-2cc13. The second-order valence-corrected chi connectivity index (χ2v) is 7.89. The summed E-state index contributed by atoms with van der Waals surface area (Å²) in [5, 5.41) is 10.4. The van der Waals surface area contributed by atoms with Gasteiger partial charge in [0.15, 0.2) is 5.82 Å². The lowest BCUT2D eigenvalue weighted by Crippen LogP contribution is -2.27. The number of carbonyl (C=O) groups excluding carboxylic acids is 1. The van der Waals surface area contributed by atoms with Crippen LogP contribution < -0.4 is 4.90 Å². The van der Waals surface area contributed by atoms with Gasteiger partial charge in [-0.1, -0.05) is 0 Å². The monoisotopic (exact) mass is 419 g/mol. The number of nitrogens with zero attached hydrogens (tertiary/aromatic N) is 6. The Kier molecular flexibility index (Phi) is 4.82.